The predicted octanol–water partition coefficient (Wildman–Crippen LogP) is 2.70. The van der Waals surface area contributed by atoms with E-state index in [1.165, 1.54) is 0 Å². The minimum Gasteiger partial charge on any atom is -0.370 e. The summed E-state index contributed by atoms with van der Waals surface area (Å²) in [6, 6.07) is 11.8. The quantitative estimate of drug-likeness (QED) is 0.765. The lowest BCUT2D eigenvalue weighted by Gasteiger charge is -2.07. The van der Waals surface area contributed by atoms with Gasteiger partial charge in [-0.1, -0.05) is 12.1 Å². The molecule has 4 heteroatoms. The van der Waals surface area contributed by atoms with Crippen molar-refractivity contribution in [3.8, 4) is 0 Å². The van der Waals surface area contributed by atoms with Crippen LogP contribution in [0.3, 0.4) is 0 Å². The van der Waals surface area contributed by atoms with Crippen LogP contribution in [0.5, 0.6) is 0 Å². The Morgan fingerprint density at radius 2 is 1.72 bits per heavy atom. The van der Waals surface area contributed by atoms with E-state index in [1.54, 1.807) is 6.20 Å². The van der Waals surface area contributed by atoms with E-state index in [4.69, 9.17) is 0 Å². The van der Waals surface area contributed by atoms with E-state index in [0.717, 1.165) is 36.8 Å². The van der Waals surface area contributed by atoms with Crippen molar-refractivity contribution in [1.29, 1.82) is 0 Å². The Hall–Kier alpha value is -2.10. The highest BCUT2D eigenvalue weighted by Gasteiger charge is 1.94. The molecule has 2 heterocycles. The summed E-state index contributed by atoms with van der Waals surface area (Å²) in [4.78, 5) is 8.59. The second kappa shape index (κ2) is 6.59. The summed E-state index contributed by atoms with van der Waals surface area (Å²) >= 11 is 0. The number of hydrogen-bond donors (Lipinski definition) is 2. The second-order valence-corrected chi connectivity index (χ2v) is 4.09. The lowest BCUT2D eigenvalue weighted by Crippen LogP contribution is -2.10. The molecule has 0 aliphatic heterocycles. The lowest BCUT2D eigenvalue weighted by atomic mass is 10.3. The topological polar surface area (TPSA) is 49.8 Å². The summed E-state index contributed by atoms with van der Waals surface area (Å²) in [6.07, 6.45) is 2.81. The molecule has 0 radical (unpaired) electrons. The molecule has 0 saturated heterocycles. The SMILES string of the molecule is Cc1cccc(NCCCNc2ccccn2)n1. The number of pyridine rings is 2. The second-order valence-electron chi connectivity index (χ2n) is 4.09. The van der Waals surface area contributed by atoms with Gasteiger partial charge in [-0.3, -0.25) is 0 Å². The minimum absolute atomic E-state index is 0.899. The molecular formula is C14H18N4. The van der Waals surface area contributed by atoms with Crippen LogP contribution in [0.1, 0.15) is 12.1 Å². The van der Waals surface area contributed by atoms with Gasteiger partial charge in [-0.25, -0.2) is 9.97 Å². The van der Waals surface area contributed by atoms with Gasteiger partial charge in [0, 0.05) is 25.0 Å². The highest BCUT2D eigenvalue weighted by atomic mass is 15.0. The Bertz CT molecular complexity index is 470. The molecule has 2 N–H and O–H groups in total. The molecule has 18 heavy (non-hydrogen) atoms. The molecule has 0 spiro atoms. The van der Waals surface area contributed by atoms with E-state index in [0.29, 0.717) is 0 Å². The zero-order valence-corrected chi connectivity index (χ0v) is 10.6. The first kappa shape index (κ1) is 12.4. The van der Waals surface area contributed by atoms with E-state index in [-0.39, 0.29) is 0 Å². The van der Waals surface area contributed by atoms with Crippen LogP contribution >= 0.6 is 0 Å². The molecule has 2 aromatic rings. The van der Waals surface area contributed by atoms with Gasteiger partial charge in [0.15, 0.2) is 0 Å². The van der Waals surface area contributed by atoms with E-state index < -0.39 is 0 Å². The van der Waals surface area contributed by atoms with Crippen molar-refractivity contribution in [2.75, 3.05) is 23.7 Å². The smallest absolute Gasteiger partial charge is 0.126 e. The monoisotopic (exact) mass is 242 g/mol. The van der Waals surface area contributed by atoms with Gasteiger partial charge < -0.3 is 10.6 Å². The van der Waals surface area contributed by atoms with Gasteiger partial charge in [0.2, 0.25) is 0 Å². The number of nitrogens with zero attached hydrogens (tertiary/aromatic N) is 2. The number of anilines is 2. The van der Waals surface area contributed by atoms with E-state index in [2.05, 4.69) is 20.6 Å². The average Bonchev–Trinajstić information content (AvgIpc) is 2.40. The van der Waals surface area contributed by atoms with E-state index >= 15 is 0 Å². The van der Waals surface area contributed by atoms with Crippen molar-refractivity contribution in [3.05, 3.63) is 48.3 Å². The first-order valence-corrected chi connectivity index (χ1v) is 6.17. The van der Waals surface area contributed by atoms with Crippen LogP contribution < -0.4 is 10.6 Å². The number of aromatic nitrogens is 2. The Kier molecular flexibility index (Phi) is 4.53. The largest absolute Gasteiger partial charge is 0.370 e. The van der Waals surface area contributed by atoms with E-state index in [9.17, 15) is 0 Å². The van der Waals surface area contributed by atoms with Crippen LogP contribution in [-0.4, -0.2) is 23.1 Å². The third-order valence-electron chi connectivity index (χ3n) is 2.52. The molecule has 2 aromatic heterocycles. The molecule has 94 valence electrons. The Balaban J connectivity index is 1.65. The molecule has 0 aliphatic rings. The Labute approximate surface area is 107 Å². The van der Waals surface area contributed by atoms with Gasteiger partial charge in [0.05, 0.1) is 0 Å². The average molecular weight is 242 g/mol. The fourth-order valence-corrected chi connectivity index (χ4v) is 1.63. The molecule has 0 aromatic carbocycles. The minimum atomic E-state index is 0.899. The molecule has 4 nitrogen and oxygen atoms in total. The van der Waals surface area contributed by atoms with Crippen LogP contribution in [0.15, 0.2) is 42.6 Å². The van der Waals surface area contributed by atoms with Crippen molar-refractivity contribution in [2.24, 2.45) is 0 Å². The van der Waals surface area contributed by atoms with Gasteiger partial charge in [-0.15, -0.1) is 0 Å². The first-order valence-electron chi connectivity index (χ1n) is 6.17. The highest BCUT2D eigenvalue weighted by Crippen LogP contribution is 2.04. The predicted molar refractivity (Wildman–Crippen MR) is 74.8 cm³/mol. The molecule has 0 atom stereocenters. The summed E-state index contributed by atoms with van der Waals surface area (Å²) in [5.41, 5.74) is 1.03. The van der Waals surface area contributed by atoms with Crippen molar-refractivity contribution in [2.45, 2.75) is 13.3 Å². The Morgan fingerprint density at radius 1 is 0.944 bits per heavy atom. The maximum atomic E-state index is 4.39. The maximum Gasteiger partial charge on any atom is 0.126 e. The lowest BCUT2D eigenvalue weighted by molar-refractivity contribution is 0.897. The van der Waals surface area contributed by atoms with Gasteiger partial charge in [0.25, 0.3) is 0 Å². The summed E-state index contributed by atoms with van der Waals surface area (Å²) in [6.45, 7) is 3.79. The summed E-state index contributed by atoms with van der Waals surface area (Å²) < 4.78 is 0. The Morgan fingerprint density at radius 3 is 2.44 bits per heavy atom. The van der Waals surface area contributed by atoms with Crippen LogP contribution in [-0.2, 0) is 0 Å². The standard InChI is InChI=1S/C14H18N4/c1-12-6-4-8-14(18-12)17-11-5-10-16-13-7-2-3-9-15-13/h2-4,6-9H,5,10-11H2,1H3,(H,15,16)(H,17,18). The van der Waals surface area contributed by atoms with Crippen LogP contribution in [0.2, 0.25) is 0 Å². The normalized spacial score (nSPS) is 10.1. The molecule has 2 rings (SSSR count). The number of nitrogens with one attached hydrogen (secondary N) is 2. The third kappa shape index (κ3) is 4.05. The van der Waals surface area contributed by atoms with Gasteiger partial charge in [0.1, 0.15) is 11.6 Å². The summed E-state index contributed by atoms with van der Waals surface area (Å²) in [5, 5.41) is 6.57. The van der Waals surface area contributed by atoms with Crippen LogP contribution in [0.25, 0.3) is 0 Å². The number of rotatable bonds is 6. The number of aryl methyl sites for hydroxylation is 1. The highest BCUT2D eigenvalue weighted by molar-refractivity contribution is 5.35. The van der Waals surface area contributed by atoms with E-state index in [1.807, 2.05) is 43.3 Å². The maximum absolute atomic E-state index is 4.39. The van der Waals surface area contributed by atoms with Crippen LogP contribution in [0, 0.1) is 6.92 Å². The van der Waals surface area contributed by atoms with Gasteiger partial charge in [-0.2, -0.15) is 0 Å². The van der Waals surface area contributed by atoms with Gasteiger partial charge >= 0.3 is 0 Å². The molecule has 0 amide bonds. The van der Waals surface area contributed by atoms with Gasteiger partial charge in [-0.05, 0) is 37.6 Å². The number of hydrogen-bond acceptors (Lipinski definition) is 4. The molecule has 0 fully saturated rings. The molecule has 0 saturated carbocycles. The third-order valence-corrected chi connectivity index (χ3v) is 2.52. The molecule has 0 bridgehead atoms. The fourth-order valence-electron chi connectivity index (χ4n) is 1.63. The zero-order chi connectivity index (χ0) is 12.6. The first-order chi connectivity index (χ1) is 8.84. The van der Waals surface area contributed by atoms with Crippen molar-refractivity contribution >= 4 is 11.6 Å². The molecule has 0 aliphatic carbocycles. The van der Waals surface area contributed by atoms with Crippen LogP contribution in [0.4, 0.5) is 11.6 Å². The molecular weight excluding hydrogens is 224 g/mol. The fraction of sp³-hybridized carbons (Fsp3) is 0.286. The summed E-state index contributed by atoms with van der Waals surface area (Å²) in [7, 11) is 0. The van der Waals surface area contributed by atoms with Crippen molar-refractivity contribution in [1.82, 2.24) is 9.97 Å². The van der Waals surface area contributed by atoms with Crippen molar-refractivity contribution in [3.63, 3.8) is 0 Å². The summed E-state index contributed by atoms with van der Waals surface area (Å²) in [5.74, 6) is 1.86. The van der Waals surface area contributed by atoms with Crippen molar-refractivity contribution < 1.29 is 0 Å². The zero-order valence-electron chi connectivity index (χ0n) is 10.6. The molecule has 0 unspecified atom stereocenters.